The van der Waals surface area contributed by atoms with Gasteiger partial charge in [-0.1, -0.05) is 90.4 Å². The predicted molar refractivity (Wildman–Crippen MR) is 126 cm³/mol. The Kier molecular flexibility index (Phi) is 14.2. The molecule has 6 nitrogen and oxygen atoms in total. The summed E-state index contributed by atoms with van der Waals surface area (Å²) in [5.74, 6) is 0.0612. The number of nitrogens with one attached hydrogen (secondary N) is 1. The molecule has 0 fully saturated rings. The summed E-state index contributed by atoms with van der Waals surface area (Å²) in [5.41, 5.74) is 0.244. The Morgan fingerprint density at radius 2 is 1.35 bits per heavy atom. The lowest BCUT2D eigenvalue weighted by atomic mass is 10.0. The van der Waals surface area contributed by atoms with E-state index in [4.69, 9.17) is 4.74 Å². The van der Waals surface area contributed by atoms with Crippen LogP contribution in [0.2, 0.25) is 0 Å². The van der Waals surface area contributed by atoms with Crippen molar-refractivity contribution in [2.75, 3.05) is 11.9 Å². The molecule has 1 aromatic carbocycles. The van der Waals surface area contributed by atoms with Crippen LogP contribution in [0.5, 0.6) is 5.75 Å². The Balaban J connectivity index is 2.14. The molecule has 0 radical (unpaired) electrons. The Labute approximate surface area is 188 Å². The molecule has 1 rings (SSSR count). The van der Waals surface area contributed by atoms with E-state index in [2.05, 4.69) is 12.2 Å². The van der Waals surface area contributed by atoms with E-state index in [1.54, 1.807) is 0 Å². The van der Waals surface area contributed by atoms with E-state index in [-0.39, 0.29) is 16.5 Å². The van der Waals surface area contributed by atoms with E-state index in [9.17, 15) is 17.8 Å². The number of carbonyl (C=O) groups is 1. The van der Waals surface area contributed by atoms with Crippen molar-refractivity contribution in [2.24, 2.45) is 0 Å². The molecule has 31 heavy (non-hydrogen) atoms. The van der Waals surface area contributed by atoms with Crippen molar-refractivity contribution in [3.05, 3.63) is 18.2 Å². The number of unbranched alkanes of at least 4 members (excludes halogenated alkanes) is 13. The van der Waals surface area contributed by atoms with Crippen molar-refractivity contribution in [3.8, 4) is 5.75 Å². The van der Waals surface area contributed by atoms with Crippen molar-refractivity contribution in [1.82, 2.24) is 0 Å². The molecule has 1 amide bonds. The van der Waals surface area contributed by atoms with E-state index >= 15 is 0 Å². The van der Waals surface area contributed by atoms with Crippen LogP contribution >= 0.6 is 0 Å². The third-order valence-corrected chi connectivity index (χ3v) is 6.16. The molecule has 0 aliphatic heterocycles. The number of benzene rings is 1. The fourth-order valence-corrected chi connectivity index (χ4v) is 4.07. The first-order valence-electron chi connectivity index (χ1n) is 11.9. The molecular formula is C24H41NO5S. The third-order valence-electron chi connectivity index (χ3n) is 5.32. The van der Waals surface area contributed by atoms with Crippen molar-refractivity contribution in [3.63, 3.8) is 0 Å². The average Bonchev–Trinajstić information content (AvgIpc) is 2.70. The molecule has 0 bridgehead atoms. The van der Waals surface area contributed by atoms with Crippen LogP contribution in [0.3, 0.4) is 0 Å². The van der Waals surface area contributed by atoms with Crippen molar-refractivity contribution in [1.29, 1.82) is 0 Å². The van der Waals surface area contributed by atoms with Crippen LogP contribution in [0.1, 0.15) is 104 Å². The number of rotatable bonds is 18. The van der Waals surface area contributed by atoms with Gasteiger partial charge in [-0.3, -0.25) is 9.35 Å². The second-order valence-corrected chi connectivity index (χ2v) is 9.68. The van der Waals surface area contributed by atoms with Gasteiger partial charge in [0.1, 0.15) is 5.75 Å². The molecule has 0 aliphatic rings. The first-order chi connectivity index (χ1) is 14.8. The lowest BCUT2D eigenvalue weighted by Crippen LogP contribution is -2.10. The molecule has 0 atom stereocenters. The molecule has 0 spiro atoms. The van der Waals surface area contributed by atoms with Gasteiger partial charge in [-0.15, -0.1) is 0 Å². The van der Waals surface area contributed by atoms with Gasteiger partial charge in [0.05, 0.1) is 17.2 Å². The van der Waals surface area contributed by atoms with E-state index in [1.807, 2.05) is 0 Å². The minimum atomic E-state index is -4.34. The summed E-state index contributed by atoms with van der Waals surface area (Å²) in [4.78, 5) is 11.1. The monoisotopic (exact) mass is 455 g/mol. The largest absolute Gasteiger partial charge is 0.491 e. The third kappa shape index (κ3) is 13.4. The lowest BCUT2D eigenvalue weighted by molar-refractivity contribution is -0.114. The topological polar surface area (TPSA) is 92.7 Å². The van der Waals surface area contributed by atoms with Crippen LogP contribution in [-0.2, 0) is 14.9 Å². The van der Waals surface area contributed by atoms with Crippen LogP contribution in [0, 0.1) is 0 Å². The Morgan fingerprint density at radius 3 is 1.81 bits per heavy atom. The minimum absolute atomic E-state index is 0.244. The predicted octanol–water partition coefficient (Wildman–Crippen LogP) is 6.75. The van der Waals surface area contributed by atoms with Crippen LogP contribution in [0.4, 0.5) is 5.69 Å². The molecule has 0 unspecified atom stereocenters. The quantitative estimate of drug-likeness (QED) is 0.189. The zero-order chi connectivity index (χ0) is 23.0. The highest BCUT2D eigenvalue weighted by Gasteiger charge is 2.14. The average molecular weight is 456 g/mol. The minimum Gasteiger partial charge on any atom is -0.491 e. The molecule has 7 heteroatoms. The number of anilines is 1. The van der Waals surface area contributed by atoms with Gasteiger partial charge >= 0.3 is 0 Å². The first kappa shape index (κ1) is 27.4. The molecule has 2 N–H and O–H groups in total. The molecule has 1 aromatic rings. The summed E-state index contributed by atoms with van der Waals surface area (Å²) in [6, 6.07) is 3.93. The van der Waals surface area contributed by atoms with Gasteiger partial charge in [-0.2, -0.15) is 8.42 Å². The molecule has 0 saturated carbocycles. The van der Waals surface area contributed by atoms with Gasteiger partial charge in [0.2, 0.25) is 5.91 Å². The second-order valence-electron chi connectivity index (χ2n) is 8.26. The normalized spacial score (nSPS) is 11.5. The van der Waals surface area contributed by atoms with Gasteiger partial charge in [0, 0.05) is 6.92 Å². The highest BCUT2D eigenvalue weighted by molar-refractivity contribution is 7.85. The summed E-state index contributed by atoms with van der Waals surface area (Å²) in [6.45, 7) is 4.08. The summed E-state index contributed by atoms with van der Waals surface area (Å²) >= 11 is 0. The van der Waals surface area contributed by atoms with Gasteiger partial charge in [-0.25, -0.2) is 0 Å². The number of ether oxygens (including phenoxy) is 1. The zero-order valence-electron chi connectivity index (χ0n) is 19.3. The number of hydrogen-bond donors (Lipinski definition) is 2. The summed E-state index contributed by atoms with van der Waals surface area (Å²) in [5, 5.41) is 2.55. The Hall–Kier alpha value is -1.60. The fraction of sp³-hybridized carbons (Fsp3) is 0.708. The molecular weight excluding hydrogens is 414 g/mol. The highest BCUT2D eigenvalue weighted by atomic mass is 32.2. The van der Waals surface area contributed by atoms with Gasteiger partial charge in [0.25, 0.3) is 10.1 Å². The van der Waals surface area contributed by atoms with Crippen LogP contribution in [0.15, 0.2) is 23.1 Å². The maximum absolute atomic E-state index is 11.4. The fourth-order valence-electron chi connectivity index (χ4n) is 3.56. The van der Waals surface area contributed by atoms with Gasteiger partial charge < -0.3 is 10.1 Å². The van der Waals surface area contributed by atoms with E-state index in [0.717, 1.165) is 12.8 Å². The van der Waals surface area contributed by atoms with E-state index in [0.29, 0.717) is 12.4 Å². The summed E-state index contributed by atoms with van der Waals surface area (Å²) in [6.07, 6.45) is 18.0. The van der Waals surface area contributed by atoms with E-state index < -0.39 is 10.1 Å². The van der Waals surface area contributed by atoms with Crippen molar-refractivity contribution >= 4 is 21.7 Å². The molecule has 0 aromatic heterocycles. The molecule has 0 aliphatic carbocycles. The van der Waals surface area contributed by atoms with Crippen LogP contribution in [0.25, 0.3) is 0 Å². The zero-order valence-corrected chi connectivity index (χ0v) is 20.1. The Bertz CT molecular complexity index is 733. The summed E-state index contributed by atoms with van der Waals surface area (Å²) < 4.78 is 37.5. The van der Waals surface area contributed by atoms with Crippen LogP contribution < -0.4 is 10.1 Å². The molecule has 178 valence electrons. The van der Waals surface area contributed by atoms with Gasteiger partial charge in [-0.05, 0) is 24.6 Å². The highest BCUT2D eigenvalue weighted by Crippen LogP contribution is 2.28. The number of amides is 1. The molecule has 0 heterocycles. The van der Waals surface area contributed by atoms with Crippen molar-refractivity contribution < 1.29 is 22.5 Å². The van der Waals surface area contributed by atoms with Gasteiger partial charge in [0.15, 0.2) is 0 Å². The number of hydrogen-bond acceptors (Lipinski definition) is 4. The maximum atomic E-state index is 11.4. The lowest BCUT2D eigenvalue weighted by Gasteiger charge is -2.13. The second kappa shape index (κ2) is 16.1. The standard InChI is InChI=1S/C24H41NO5S/c1-3-4-5-6-7-8-9-10-11-12-13-14-15-16-19-30-24-18-17-22(31(27,28)29)20-23(24)25-21(2)26/h17-18,20H,3-16,19H2,1-2H3,(H,25,26)(H,27,28,29). The van der Waals surface area contributed by atoms with E-state index in [1.165, 1.54) is 102 Å². The summed E-state index contributed by atoms with van der Waals surface area (Å²) in [7, 11) is -4.34. The van der Waals surface area contributed by atoms with Crippen LogP contribution in [-0.4, -0.2) is 25.5 Å². The smallest absolute Gasteiger partial charge is 0.294 e. The number of carbonyl (C=O) groups excluding carboxylic acids is 1. The first-order valence-corrected chi connectivity index (χ1v) is 13.3. The Morgan fingerprint density at radius 1 is 0.871 bits per heavy atom. The SMILES string of the molecule is CCCCCCCCCCCCCCCCOc1ccc(S(=O)(=O)O)cc1NC(C)=O. The maximum Gasteiger partial charge on any atom is 0.294 e. The molecule has 0 saturated heterocycles. The van der Waals surface area contributed by atoms with Crippen molar-refractivity contribution in [2.45, 2.75) is 109 Å².